The Bertz CT molecular complexity index is 1010. The van der Waals surface area contributed by atoms with E-state index in [1.165, 1.54) is 12.8 Å². The van der Waals surface area contributed by atoms with Crippen LogP contribution in [0.1, 0.15) is 60.7 Å². The van der Waals surface area contributed by atoms with Gasteiger partial charge in [-0.2, -0.15) is 0 Å². The smallest absolute Gasteiger partial charge is 0.255 e. The Hall–Kier alpha value is -2.27. The largest absolute Gasteiger partial charge is 0.335 e. The van der Waals surface area contributed by atoms with Gasteiger partial charge in [0.1, 0.15) is 0 Å². The highest BCUT2D eigenvalue weighted by molar-refractivity contribution is 7.71. The number of hydrogen-bond acceptors (Lipinski definition) is 3. The summed E-state index contributed by atoms with van der Waals surface area (Å²) < 4.78 is 0.420. The first-order chi connectivity index (χ1) is 13.6. The van der Waals surface area contributed by atoms with Crippen molar-refractivity contribution >= 4 is 12.2 Å². The van der Waals surface area contributed by atoms with Crippen LogP contribution < -0.4 is 5.56 Å². The van der Waals surface area contributed by atoms with Crippen LogP contribution in [0.15, 0.2) is 47.3 Å². The average Bonchev–Trinajstić information content (AvgIpc) is 2.71. The van der Waals surface area contributed by atoms with Crippen LogP contribution in [0.2, 0.25) is 0 Å². The van der Waals surface area contributed by atoms with E-state index in [-0.39, 0.29) is 5.56 Å². The molecule has 1 atom stereocenters. The molecule has 4 nitrogen and oxygen atoms in total. The summed E-state index contributed by atoms with van der Waals surface area (Å²) >= 11 is 5.28. The van der Waals surface area contributed by atoms with Crippen molar-refractivity contribution in [3.8, 4) is 0 Å². The third-order valence-corrected chi connectivity index (χ3v) is 6.38. The van der Waals surface area contributed by atoms with Crippen LogP contribution in [0.25, 0.3) is 0 Å². The maximum absolute atomic E-state index is 12.7. The Labute approximate surface area is 170 Å². The van der Waals surface area contributed by atoms with E-state index in [0.717, 1.165) is 47.8 Å². The van der Waals surface area contributed by atoms with Crippen molar-refractivity contribution in [3.05, 3.63) is 80.3 Å². The predicted molar refractivity (Wildman–Crippen MR) is 115 cm³/mol. The molecule has 28 heavy (non-hydrogen) atoms. The van der Waals surface area contributed by atoms with Gasteiger partial charge in [0, 0.05) is 29.1 Å². The number of aromatic amines is 2. The zero-order chi connectivity index (χ0) is 19.5. The number of allylic oxidation sites excluding steroid dienone is 4. The number of aromatic nitrogens is 3. The van der Waals surface area contributed by atoms with Gasteiger partial charge in [-0.05, 0) is 81.1 Å². The van der Waals surface area contributed by atoms with Crippen molar-refractivity contribution in [1.82, 2.24) is 15.0 Å². The topological polar surface area (TPSA) is 61.5 Å². The standard InChI is InChI=1S/C23H27N3OS/c1-15-6-5-9-19(24-15)14-20-21(25-23(28)26-22(20)27)18-12-10-17(11-13-18)16-7-3-2-4-8-16/h2-7,9,16-18H,8,10-14H2,1H3,(H2,25,26,27,28). The lowest BCUT2D eigenvalue weighted by Crippen LogP contribution is -2.25. The fourth-order valence-electron chi connectivity index (χ4n) is 4.72. The van der Waals surface area contributed by atoms with Gasteiger partial charge < -0.3 is 4.98 Å². The number of rotatable bonds is 4. The van der Waals surface area contributed by atoms with Gasteiger partial charge in [0.25, 0.3) is 5.56 Å². The molecular weight excluding hydrogens is 366 g/mol. The van der Waals surface area contributed by atoms with E-state index >= 15 is 0 Å². The number of aryl methyl sites for hydroxylation is 1. The van der Waals surface area contributed by atoms with Crippen molar-refractivity contribution in [2.75, 3.05) is 0 Å². The lowest BCUT2D eigenvalue weighted by Gasteiger charge is -2.33. The van der Waals surface area contributed by atoms with E-state index in [1.807, 2.05) is 25.1 Å². The molecule has 0 bridgehead atoms. The summed E-state index contributed by atoms with van der Waals surface area (Å²) in [6, 6.07) is 5.95. The molecule has 2 aromatic rings. The highest BCUT2D eigenvalue weighted by Crippen LogP contribution is 2.40. The van der Waals surface area contributed by atoms with E-state index in [4.69, 9.17) is 12.2 Å². The van der Waals surface area contributed by atoms with E-state index in [2.05, 4.69) is 39.3 Å². The molecule has 1 saturated carbocycles. The monoisotopic (exact) mass is 393 g/mol. The van der Waals surface area contributed by atoms with Crippen LogP contribution in [0.3, 0.4) is 0 Å². The van der Waals surface area contributed by atoms with Gasteiger partial charge in [-0.25, -0.2) is 0 Å². The highest BCUT2D eigenvalue weighted by atomic mass is 32.1. The van der Waals surface area contributed by atoms with Crippen LogP contribution in [-0.4, -0.2) is 15.0 Å². The molecule has 2 aromatic heterocycles. The van der Waals surface area contributed by atoms with Crippen molar-refractivity contribution < 1.29 is 0 Å². The second-order valence-electron chi connectivity index (χ2n) is 8.07. The lowest BCUT2D eigenvalue weighted by atomic mass is 9.72. The molecule has 4 rings (SSSR count). The van der Waals surface area contributed by atoms with E-state index in [0.29, 0.717) is 23.0 Å². The zero-order valence-corrected chi connectivity index (χ0v) is 17.1. The van der Waals surface area contributed by atoms with E-state index in [1.54, 1.807) is 0 Å². The average molecular weight is 394 g/mol. The summed E-state index contributed by atoms with van der Waals surface area (Å²) in [6.07, 6.45) is 15.2. The first-order valence-electron chi connectivity index (χ1n) is 10.2. The van der Waals surface area contributed by atoms with Crippen LogP contribution in [0.5, 0.6) is 0 Å². The van der Waals surface area contributed by atoms with E-state index < -0.39 is 0 Å². The Morgan fingerprint density at radius 2 is 1.96 bits per heavy atom. The van der Waals surface area contributed by atoms with Gasteiger partial charge in [-0.15, -0.1) is 0 Å². The van der Waals surface area contributed by atoms with Crippen LogP contribution in [0.4, 0.5) is 0 Å². The number of nitrogens with one attached hydrogen (secondary N) is 2. The van der Waals surface area contributed by atoms with Crippen molar-refractivity contribution in [3.63, 3.8) is 0 Å². The van der Waals surface area contributed by atoms with Gasteiger partial charge in [0.2, 0.25) is 0 Å². The summed E-state index contributed by atoms with van der Waals surface area (Å²) in [5, 5.41) is 0. The third-order valence-electron chi connectivity index (χ3n) is 6.18. The Kier molecular flexibility index (Phi) is 5.72. The van der Waals surface area contributed by atoms with Gasteiger partial charge in [0.05, 0.1) is 0 Å². The zero-order valence-electron chi connectivity index (χ0n) is 16.3. The second kappa shape index (κ2) is 8.39. The van der Waals surface area contributed by atoms with Gasteiger partial charge in [-0.1, -0.05) is 30.4 Å². The van der Waals surface area contributed by atoms with Crippen LogP contribution >= 0.6 is 12.2 Å². The molecule has 5 heteroatoms. The molecule has 0 aliphatic heterocycles. The summed E-state index contributed by atoms with van der Waals surface area (Å²) in [4.78, 5) is 23.4. The van der Waals surface area contributed by atoms with Crippen molar-refractivity contribution in [2.45, 2.75) is 51.4 Å². The predicted octanol–water partition coefficient (Wildman–Crippen LogP) is 5.13. The molecule has 0 aromatic carbocycles. The Morgan fingerprint density at radius 3 is 2.68 bits per heavy atom. The quantitative estimate of drug-likeness (QED) is 0.708. The molecule has 0 amide bonds. The molecule has 2 aliphatic carbocycles. The van der Waals surface area contributed by atoms with Gasteiger partial charge >= 0.3 is 0 Å². The fraction of sp³-hybridized carbons (Fsp3) is 0.435. The molecule has 0 saturated heterocycles. The first-order valence-corrected chi connectivity index (χ1v) is 10.6. The first kappa shape index (κ1) is 19.1. The van der Waals surface area contributed by atoms with E-state index in [9.17, 15) is 4.79 Å². The molecule has 0 radical (unpaired) electrons. The summed E-state index contributed by atoms with van der Waals surface area (Å²) in [6.45, 7) is 1.98. The molecule has 0 spiro atoms. The fourth-order valence-corrected chi connectivity index (χ4v) is 4.92. The Morgan fingerprint density at radius 1 is 1.14 bits per heavy atom. The maximum Gasteiger partial charge on any atom is 0.255 e. The number of hydrogen-bond donors (Lipinski definition) is 2. The van der Waals surface area contributed by atoms with Crippen LogP contribution in [-0.2, 0) is 6.42 Å². The normalized spacial score (nSPS) is 24.4. The third kappa shape index (κ3) is 4.25. The molecule has 2 aliphatic rings. The number of H-pyrrole nitrogens is 2. The summed E-state index contributed by atoms with van der Waals surface area (Å²) in [5.74, 6) is 1.77. The summed E-state index contributed by atoms with van der Waals surface area (Å²) in [7, 11) is 0. The molecule has 146 valence electrons. The highest BCUT2D eigenvalue weighted by Gasteiger charge is 2.29. The maximum atomic E-state index is 12.7. The summed E-state index contributed by atoms with van der Waals surface area (Å²) in [5.41, 5.74) is 3.62. The number of pyridine rings is 1. The molecule has 2 heterocycles. The van der Waals surface area contributed by atoms with Crippen LogP contribution in [0, 0.1) is 23.5 Å². The lowest BCUT2D eigenvalue weighted by molar-refractivity contribution is 0.262. The molecular formula is C23H27N3OS. The molecule has 1 unspecified atom stereocenters. The number of nitrogens with zero attached hydrogens (tertiary/aromatic N) is 1. The van der Waals surface area contributed by atoms with Crippen molar-refractivity contribution in [1.29, 1.82) is 0 Å². The minimum absolute atomic E-state index is 0.0791. The molecule has 1 fully saturated rings. The van der Waals surface area contributed by atoms with Gasteiger partial charge in [0.15, 0.2) is 4.77 Å². The second-order valence-corrected chi connectivity index (χ2v) is 8.48. The minimum atomic E-state index is -0.0791. The SMILES string of the molecule is Cc1cccc(Cc2c(C3CCC(C4C=CC=CC4)CC3)[nH]c(=S)[nH]c2=O)n1. The van der Waals surface area contributed by atoms with Crippen molar-refractivity contribution in [2.24, 2.45) is 11.8 Å². The molecule has 2 N–H and O–H groups in total. The Balaban J connectivity index is 1.56. The minimum Gasteiger partial charge on any atom is -0.335 e. The van der Waals surface area contributed by atoms with Gasteiger partial charge in [-0.3, -0.25) is 14.8 Å².